The summed E-state index contributed by atoms with van der Waals surface area (Å²) in [4.78, 5) is 14.2. The number of carbonyl (C=O) groups excluding carboxylic acids is 1. The van der Waals surface area contributed by atoms with Gasteiger partial charge < -0.3 is 10.2 Å². The molecule has 1 heterocycles. The van der Waals surface area contributed by atoms with Crippen LogP contribution < -0.4 is 10.0 Å². The van der Waals surface area contributed by atoms with Gasteiger partial charge in [0, 0.05) is 24.8 Å². The second-order valence-corrected chi connectivity index (χ2v) is 8.47. The molecule has 1 saturated heterocycles. The molecular weight excluding hydrogens is 362 g/mol. The van der Waals surface area contributed by atoms with E-state index < -0.39 is 10.0 Å². The van der Waals surface area contributed by atoms with Gasteiger partial charge in [-0.1, -0.05) is 30.3 Å². The van der Waals surface area contributed by atoms with Crippen LogP contribution in [0, 0.1) is 0 Å². The number of urea groups is 1. The number of piperidine rings is 1. The number of carbonyl (C=O) groups is 1. The molecule has 27 heavy (non-hydrogen) atoms. The first-order chi connectivity index (χ1) is 13.0. The fraction of sp³-hybridized carbons (Fsp3) is 0.350. The number of nitrogens with zero attached hydrogens (tertiary/aromatic N) is 1. The summed E-state index contributed by atoms with van der Waals surface area (Å²) in [6.07, 6.45) is 3.20. The minimum absolute atomic E-state index is 0.138. The SMILES string of the molecule is C[C@H](NS(=O)(=O)c1ccc(NC(=O)N2CCCCC2)cc1)c1ccccc1. The van der Waals surface area contributed by atoms with Crippen LogP contribution >= 0.6 is 0 Å². The maximum atomic E-state index is 12.6. The molecule has 7 heteroatoms. The van der Waals surface area contributed by atoms with E-state index in [9.17, 15) is 13.2 Å². The summed E-state index contributed by atoms with van der Waals surface area (Å²) in [6.45, 7) is 3.33. The first-order valence-electron chi connectivity index (χ1n) is 9.19. The Balaban J connectivity index is 1.64. The van der Waals surface area contributed by atoms with Crippen LogP contribution in [0.5, 0.6) is 0 Å². The second-order valence-electron chi connectivity index (χ2n) is 6.76. The van der Waals surface area contributed by atoms with Crippen molar-refractivity contribution in [2.45, 2.75) is 37.1 Å². The maximum Gasteiger partial charge on any atom is 0.321 e. The summed E-state index contributed by atoms with van der Waals surface area (Å²) < 4.78 is 27.9. The number of hydrogen-bond acceptors (Lipinski definition) is 3. The Bertz CT molecular complexity index is 861. The van der Waals surface area contributed by atoms with Gasteiger partial charge >= 0.3 is 6.03 Å². The Morgan fingerprint density at radius 3 is 2.22 bits per heavy atom. The molecule has 0 aliphatic carbocycles. The molecule has 2 aromatic carbocycles. The molecular formula is C20H25N3O3S. The number of amides is 2. The average molecular weight is 388 g/mol. The summed E-state index contributed by atoms with van der Waals surface area (Å²) in [5.74, 6) is 0. The van der Waals surface area contributed by atoms with Crippen molar-refractivity contribution in [3.05, 3.63) is 60.2 Å². The summed E-state index contributed by atoms with van der Waals surface area (Å²) in [5.41, 5.74) is 1.48. The van der Waals surface area contributed by atoms with Gasteiger partial charge in [0.25, 0.3) is 0 Å². The Kier molecular flexibility index (Phi) is 6.13. The van der Waals surface area contributed by atoms with E-state index in [1.165, 1.54) is 12.1 Å². The lowest BCUT2D eigenvalue weighted by atomic mass is 10.1. The summed E-state index contributed by atoms with van der Waals surface area (Å²) >= 11 is 0. The molecule has 2 amide bonds. The zero-order valence-corrected chi connectivity index (χ0v) is 16.2. The highest BCUT2D eigenvalue weighted by Gasteiger charge is 2.19. The van der Waals surface area contributed by atoms with Gasteiger partial charge in [-0.05, 0) is 56.0 Å². The van der Waals surface area contributed by atoms with E-state index in [-0.39, 0.29) is 17.0 Å². The monoisotopic (exact) mass is 387 g/mol. The molecule has 3 rings (SSSR count). The fourth-order valence-electron chi connectivity index (χ4n) is 3.13. The second kappa shape index (κ2) is 8.54. The molecule has 1 aliphatic rings. The van der Waals surface area contributed by atoms with Crippen molar-refractivity contribution < 1.29 is 13.2 Å². The average Bonchev–Trinajstić information content (AvgIpc) is 2.69. The van der Waals surface area contributed by atoms with Crippen molar-refractivity contribution in [3.63, 3.8) is 0 Å². The number of rotatable bonds is 5. The van der Waals surface area contributed by atoms with Crippen molar-refractivity contribution in [1.29, 1.82) is 0 Å². The first kappa shape index (κ1) is 19.4. The highest BCUT2D eigenvalue weighted by atomic mass is 32.2. The van der Waals surface area contributed by atoms with Crippen LogP contribution in [-0.2, 0) is 10.0 Å². The van der Waals surface area contributed by atoms with Gasteiger partial charge in [0.05, 0.1) is 4.90 Å². The molecule has 2 aromatic rings. The van der Waals surface area contributed by atoms with Crippen molar-refractivity contribution in [3.8, 4) is 0 Å². The molecule has 1 fully saturated rings. The molecule has 0 saturated carbocycles. The lowest BCUT2D eigenvalue weighted by molar-refractivity contribution is 0.200. The molecule has 0 spiro atoms. The number of sulfonamides is 1. The molecule has 0 aromatic heterocycles. The molecule has 144 valence electrons. The molecule has 0 bridgehead atoms. The van der Waals surface area contributed by atoms with E-state index in [2.05, 4.69) is 10.0 Å². The number of hydrogen-bond donors (Lipinski definition) is 2. The normalized spacial score (nSPS) is 16.0. The zero-order valence-electron chi connectivity index (χ0n) is 15.4. The minimum Gasteiger partial charge on any atom is -0.325 e. The van der Waals surface area contributed by atoms with Gasteiger partial charge in [-0.25, -0.2) is 17.9 Å². The van der Waals surface area contributed by atoms with E-state index in [0.29, 0.717) is 5.69 Å². The molecule has 1 aliphatic heterocycles. The zero-order chi connectivity index (χ0) is 19.3. The topological polar surface area (TPSA) is 78.5 Å². The third-order valence-corrected chi connectivity index (χ3v) is 6.25. The Morgan fingerprint density at radius 2 is 1.59 bits per heavy atom. The van der Waals surface area contributed by atoms with Gasteiger partial charge in [-0.15, -0.1) is 0 Å². The molecule has 0 radical (unpaired) electrons. The van der Waals surface area contributed by atoms with Crippen molar-refractivity contribution in [2.24, 2.45) is 0 Å². The highest BCUT2D eigenvalue weighted by molar-refractivity contribution is 7.89. The standard InChI is InChI=1S/C20H25N3O3S/c1-16(17-8-4-2-5-9-17)22-27(25,26)19-12-10-18(11-13-19)21-20(24)23-14-6-3-7-15-23/h2,4-5,8-13,16,22H,3,6-7,14-15H2,1H3,(H,21,24)/t16-/m0/s1. The Morgan fingerprint density at radius 1 is 0.963 bits per heavy atom. The molecule has 2 N–H and O–H groups in total. The van der Waals surface area contributed by atoms with Gasteiger partial charge in [0.15, 0.2) is 0 Å². The highest BCUT2D eigenvalue weighted by Crippen LogP contribution is 2.19. The van der Waals surface area contributed by atoms with Crippen LogP contribution in [-0.4, -0.2) is 32.4 Å². The number of nitrogens with one attached hydrogen (secondary N) is 2. The van der Waals surface area contributed by atoms with E-state index in [4.69, 9.17) is 0 Å². The van der Waals surface area contributed by atoms with Crippen molar-refractivity contribution >= 4 is 21.7 Å². The van der Waals surface area contributed by atoms with E-state index in [0.717, 1.165) is 37.9 Å². The van der Waals surface area contributed by atoms with Crippen LogP contribution in [0.15, 0.2) is 59.5 Å². The van der Waals surface area contributed by atoms with Crippen LogP contribution in [0.3, 0.4) is 0 Å². The smallest absolute Gasteiger partial charge is 0.321 e. The first-order valence-corrected chi connectivity index (χ1v) is 10.7. The fourth-order valence-corrected chi connectivity index (χ4v) is 4.36. The molecule has 6 nitrogen and oxygen atoms in total. The van der Waals surface area contributed by atoms with Gasteiger partial charge in [0.1, 0.15) is 0 Å². The van der Waals surface area contributed by atoms with Crippen LogP contribution in [0.25, 0.3) is 0 Å². The van der Waals surface area contributed by atoms with E-state index in [1.807, 2.05) is 30.3 Å². The predicted molar refractivity (Wildman–Crippen MR) is 106 cm³/mol. The minimum atomic E-state index is -3.65. The quantitative estimate of drug-likeness (QED) is 0.820. The predicted octanol–water partition coefficient (Wildman–Crippen LogP) is 3.74. The van der Waals surface area contributed by atoms with Crippen molar-refractivity contribution in [1.82, 2.24) is 9.62 Å². The number of benzene rings is 2. The van der Waals surface area contributed by atoms with Gasteiger partial charge in [-0.2, -0.15) is 0 Å². The van der Waals surface area contributed by atoms with Crippen LogP contribution in [0.4, 0.5) is 10.5 Å². The number of anilines is 1. The van der Waals surface area contributed by atoms with Gasteiger partial charge in [0.2, 0.25) is 10.0 Å². The summed E-state index contributed by atoms with van der Waals surface area (Å²) in [7, 11) is -3.65. The Labute approximate surface area is 160 Å². The summed E-state index contributed by atoms with van der Waals surface area (Å²) in [5, 5.41) is 2.83. The van der Waals surface area contributed by atoms with E-state index >= 15 is 0 Å². The third-order valence-electron chi connectivity index (χ3n) is 4.69. The van der Waals surface area contributed by atoms with Crippen LogP contribution in [0.2, 0.25) is 0 Å². The number of likely N-dealkylation sites (tertiary alicyclic amines) is 1. The van der Waals surface area contributed by atoms with Gasteiger partial charge in [-0.3, -0.25) is 0 Å². The molecule has 1 atom stereocenters. The van der Waals surface area contributed by atoms with Crippen molar-refractivity contribution in [2.75, 3.05) is 18.4 Å². The lowest BCUT2D eigenvalue weighted by Crippen LogP contribution is -2.38. The van der Waals surface area contributed by atoms with E-state index in [1.54, 1.807) is 24.0 Å². The maximum absolute atomic E-state index is 12.6. The third kappa shape index (κ3) is 5.08. The Hall–Kier alpha value is -2.38. The largest absolute Gasteiger partial charge is 0.325 e. The molecule has 0 unspecified atom stereocenters. The van der Waals surface area contributed by atoms with Crippen LogP contribution in [0.1, 0.15) is 37.8 Å². The lowest BCUT2D eigenvalue weighted by Gasteiger charge is -2.26. The summed E-state index contributed by atoms with van der Waals surface area (Å²) in [6, 6.07) is 15.2.